The molecule has 0 bridgehead atoms. The third-order valence-electron chi connectivity index (χ3n) is 5.19. The Hall–Kier alpha value is -3.16. The summed E-state index contributed by atoms with van der Waals surface area (Å²) in [6, 6.07) is 20.3. The lowest BCUT2D eigenvalue weighted by Crippen LogP contribution is -2.58. The zero-order valence-corrected chi connectivity index (χ0v) is 19.3. The van der Waals surface area contributed by atoms with Crippen LogP contribution in [0, 0.1) is 0 Å². The van der Waals surface area contributed by atoms with Crippen LogP contribution in [-0.4, -0.2) is 41.5 Å². The molecule has 166 valence electrons. The van der Waals surface area contributed by atoms with Crippen LogP contribution in [0.15, 0.2) is 73.1 Å². The van der Waals surface area contributed by atoms with E-state index in [4.69, 9.17) is 21.7 Å². The molecule has 1 saturated heterocycles. The molecule has 0 N–H and O–H groups in total. The predicted octanol–water partition coefficient (Wildman–Crippen LogP) is 4.91. The molecular formula is C25H28N4O2S. The van der Waals surface area contributed by atoms with Gasteiger partial charge in [0.05, 0.1) is 26.6 Å². The maximum absolute atomic E-state index is 5.95. The van der Waals surface area contributed by atoms with Crippen LogP contribution in [0.1, 0.15) is 19.4 Å². The second-order valence-corrected chi connectivity index (χ2v) is 7.83. The number of ether oxygens (including phenoxy) is 2. The maximum Gasteiger partial charge on any atom is 0.182 e. The summed E-state index contributed by atoms with van der Waals surface area (Å²) < 4.78 is 11.2. The summed E-state index contributed by atoms with van der Waals surface area (Å²) in [4.78, 5) is 10.9. The van der Waals surface area contributed by atoms with E-state index in [0.29, 0.717) is 26.6 Å². The van der Waals surface area contributed by atoms with E-state index in [-0.39, 0.29) is 0 Å². The molecule has 0 amide bonds. The van der Waals surface area contributed by atoms with Crippen molar-refractivity contribution in [2.45, 2.75) is 20.4 Å². The van der Waals surface area contributed by atoms with E-state index in [9.17, 15) is 0 Å². The minimum Gasteiger partial charge on any atom is -0.494 e. The fourth-order valence-corrected chi connectivity index (χ4v) is 4.05. The van der Waals surface area contributed by atoms with Gasteiger partial charge in [-0.25, -0.2) is 0 Å². The molecule has 4 rings (SSSR count). The summed E-state index contributed by atoms with van der Waals surface area (Å²) in [6.45, 7) is 7.41. The van der Waals surface area contributed by atoms with Gasteiger partial charge in [-0.05, 0) is 86.2 Å². The Morgan fingerprint density at radius 2 is 1.34 bits per heavy atom. The standard InChI is InChI=1S/C25H28N4O2S/c1-3-30-23-11-7-21(8-12-23)28-18-27(17-20-6-5-15-26-16-20)19-29(25(28)32)22-9-13-24(14-10-22)31-4-2/h5-16H,3-4,17-19H2,1-2H3. The van der Waals surface area contributed by atoms with Crippen LogP contribution in [0.4, 0.5) is 11.4 Å². The molecule has 1 aliphatic heterocycles. The van der Waals surface area contributed by atoms with Gasteiger partial charge in [0.25, 0.3) is 0 Å². The predicted molar refractivity (Wildman–Crippen MR) is 132 cm³/mol. The van der Waals surface area contributed by atoms with Gasteiger partial charge in [-0.3, -0.25) is 9.88 Å². The van der Waals surface area contributed by atoms with Gasteiger partial charge in [-0.15, -0.1) is 0 Å². The van der Waals surface area contributed by atoms with Crippen molar-refractivity contribution < 1.29 is 9.47 Å². The molecule has 2 aromatic carbocycles. The summed E-state index contributed by atoms with van der Waals surface area (Å²) in [7, 11) is 0. The number of anilines is 2. The first kappa shape index (κ1) is 22.0. The molecule has 7 heteroatoms. The third-order valence-corrected chi connectivity index (χ3v) is 5.63. The average Bonchev–Trinajstić information content (AvgIpc) is 2.82. The van der Waals surface area contributed by atoms with E-state index >= 15 is 0 Å². The molecule has 32 heavy (non-hydrogen) atoms. The molecule has 1 fully saturated rings. The Morgan fingerprint density at radius 1 is 0.812 bits per heavy atom. The lowest BCUT2D eigenvalue weighted by Gasteiger charge is -2.44. The quantitative estimate of drug-likeness (QED) is 0.454. The zero-order valence-electron chi connectivity index (χ0n) is 18.5. The highest BCUT2D eigenvalue weighted by Crippen LogP contribution is 2.28. The molecular weight excluding hydrogens is 420 g/mol. The van der Waals surface area contributed by atoms with Gasteiger partial charge in [0.2, 0.25) is 0 Å². The Bertz CT molecular complexity index is 951. The van der Waals surface area contributed by atoms with Crippen molar-refractivity contribution in [3.8, 4) is 11.5 Å². The normalized spacial score (nSPS) is 14.5. The monoisotopic (exact) mass is 448 g/mol. The van der Waals surface area contributed by atoms with Gasteiger partial charge in [-0.2, -0.15) is 0 Å². The Labute approximate surface area is 195 Å². The lowest BCUT2D eigenvalue weighted by atomic mass is 10.2. The summed E-state index contributed by atoms with van der Waals surface area (Å²) in [5.74, 6) is 1.71. The molecule has 2 heterocycles. The lowest BCUT2D eigenvalue weighted by molar-refractivity contribution is 0.269. The van der Waals surface area contributed by atoms with Gasteiger partial charge in [0, 0.05) is 30.3 Å². The summed E-state index contributed by atoms with van der Waals surface area (Å²) in [5, 5.41) is 0.765. The molecule has 0 atom stereocenters. The highest BCUT2D eigenvalue weighted by atomic mass is 32.1. The largest absolute Gasteiger partial charge is 0.494 e. The minimum absolute atomic E-state index is 0.645. The Kier molecular flexibility index (Phi) is 7.19. The van der Waals surface area contributed by atoms with Crippen LogP contribution in [-0.2, 0) is 6.54 Å². The first-order valence-electron chi connectivity index (χ1n) is 10.8. The van der Waals surface area contributed by atoms with Gasteiger partial charge in [0.1, 0.15) is 11.5 Å². The number of pyridine rings is 1. The summed E-state index contributed by atoms with van der Waals surface area (Å²) in [6.07, 6.45) is 3.71. The van der Waals surface area contributed by atoms with Crippen LogP contribution in [0.2, 0.25) is 0 Å². The molecule has 0 radical (unpaired) electrons. The van der Waals surface area contributed by atoms with Crippen LogP contribution in [0.3, 0.4) is 0 Å². The van der Waals surface area contributed by atoms with E-state index < -0.39 is 0 Å². The smallest absolute Gasteiger partial charge is 0.182 e. The number of hydrogen-bond acceptors (Lipinski definition) is 5. The van der Waals surface area contributed by atoms with Crippen LogP contribution in [0.25, 0.3) is 0 Å². The minimum atomic E-state index is 0.645. The fraction of sp³-hybridized carbons (Fsp3) is 0.280. The van der Waals surface area contributed by atoms with Gasteiger partial charge >= 0.3 is 0 Å². The Balaban J connectivity index is 1.61. The first-order chi connectivity index (χ1) is 15.7. The number of hydrogen-bond donors (Lipinski definition) is 0. The van der Waals surface area contributed by atoms with Gasteiger partial charge in [0.15, 0.2) is 5.11 Å². The number of rotatable bonds is 8. The second-order valence-electron chi connectivity index (χ2n) is 7.47. The molecule has 0 saturated carbocycles. The summed E-state index contributed by atoms with van der Waals surface area (Å²) in [5.41, 5.74) is 3.23. The van der Waals surface area contributed by atoms with Crippen LogP contribution < -0.4 is 19.3 Å². The summed E-state index contributed by atoms with van der Waals surface area (Å²) >= 11 is 5.95. The maximum atomic E-state index is 5.95. The van der Waals surface area contributed by atoms with E-state index in [1.165, 1.54) is 5.56 Å². The molecule has 3 aromatic rings. The molecule has 0 unspecified atom stereocenters. The topological polar surface area (TPSA) is 41.1 Å². The highest BCUT2D eigenvalue weighted by Gasteiger charge is 2.29. The molecule has 1 aromatic heterocycles. The number of aromatic nitrogens is 1. The van der Waals surface area contributed by atoms with E-state index in [2.05, 4.69) is 50.0 Å². The second kappa shape index (κ2) is 10.4. The van der Waals surface area contributed by atoms with Crippen molar-refractivity contribution in [2.24, 2.45) is 0 Å². The van der Waals surface area contributed by atoms with E-state index in [1.54, 1.807) is 6.20 Å². The van der Waals surface area contributed by atoms with Crippen molar-refractivity contribution >= 4 is 28.7 Å². The van der Waals surface area contributed by atoms with E-state index in [0.717, 1.165) is 34.5 Å². The number of thiocarbonyl (C=S) groups is 1. The van der Waals surface area contributed by atoms with Crippen molar-refractivity contribution in [1.29, 1.82) is 0 Å². The number of benzene rings is 2. The van der Waals surface area contributed by atoms with Crippen molar-refractivity contribution in [1.82, 2.24) is 9.88 Å². The zero-order chi connectivity index (χ0) is 22.3. The van der Waals surface area contributed by atoms with E-state index in [1.807, 2.05) is 50.4 Å². The number of nitrogens with zero attached hydrogens (tertiary/aromatic N) is 4. The van der Waals surface area contributed by atoms with Crippen LogP contribution in [0.5, 0.6) is 11.5 Å². The molecule has 1 aliphatic rings. The van der Waals surface area contributed by atoms with Crippen molar-refractivity contribution in [2.75, 3.05) is 36.4 Å². The molecule has 0 spiro atoms. The highest BCUT2D eigenvalue weighted by molar-refractivity contribution is 7.80. The van der Waals surface area contributed by atoms with Crippen molar-refractivity contribution in [3.63, 3.8) is 0 Å². The Morgan fingerprint density at radius 3 is 1.78 bits per heavy atom. The van der Waals surface area contributed by atoms with Gasteiger partial charge in [-0.1, -0.05) is 6.07 Å². The third kappa shape index (κ3) is 5.18. The molecule has 6 nitrogen and oxygen atoms in total. The van der Waals surface area contributed by atoms with Crippen molar-refractivity contribution in [3.05, 3.63) is 78.6 Å². The average molecular weight is 449 g/mol. The van der Waals surface area contributed by atoms with Crippen LogP contribution >= 0.6 is 12.2 Å². The SMILES string of the molecule is CCOc1ccc(N2CN(Cc3cccnc3)CN(c3ccc(OCC)cc3)C2=S)cc1. The van der Waals surface area contributed by atoms with Gasteiger partial charge < -0.3 is 19.3 Å². The fourth-order valence-electron chi connectivity index (χ4n) is 3.72. The molecule has 0 aliphatic carbocycles. The first-order valence-corrected chi connectivity index (χ1v) is 11.2.